The zero-order valence-corrected chi connectivity index (χ0v) is 13.1. The molecule has 2 N–H and O–H groups in total. The average Bonchev–Trinajstić information content (AvgIpc) is 2.47. The Morgan fingerprint density at radius 3 is 2.67 bits per heavy atom. The Bertz CT molecular complexity index is 663. The van der Waals surface area contributed by atoms with Crippen molar-refractivity contribution in [3.8, 4) is 5.75 Å². The Balaban J connectivity index is 2.21. The molecular formula is C14H11BBrClO4. The van der Waals surface area contributed by atoms with Crippen LogP contribution < -0.4 is 10.2 Å². The molecule has 0 spiro atoms. The SMILES string of the molecule is O=Cc1c(OCc2ccc(Br)c(Cl)c2)cccc1B(O)O. The molecule has 0 aliphatic carbocycles. The molecule has 0 radical (unpaired) electrons. The average molecular weight is 369 g/mol. The van der Waals surface area contributed by atoms with Crippen LogP contribution >= 0.6 is 27.5 Å². The monoisotopic (exact) mass is 368 g/mol. The van der Waals surface area contributed by atoms with Gasteiger partial charge in [-0.25, -0.2) is 0 Å². The third-order valence-corrected chi connectivity index (χ3v) is 4.11. The summed E-state index contributed by atoms with van der Waals surface area (Å²) in [5.41, 5.74) is 1.06. The second kappa shape index (κ2) is 7.09. The van der Waals surface area contributed by atoms with Crippen LogP contribution in [-0.4, -0.2) is 23.5 Å². The molecule has 0 amide bonds. The molecule has 0 saturated carbocycles. The van der Waals surface area contributed by atoms with Crippen LogP contribution in [0.2, 0.25) is 5.02 Å². The number of carbonyl (C=O) groups is 1. The van der Waals surface area contributed by atoms with Gasteiger partial charge in [0.1, 0.15) is 12.4 Å². The first kappa shape index (κ1) is 16.0. The first-order valence-corrected chi connectivity index (χ1v) is 7.21. The maximum atomic E-state index is 11.1. The van der Waals surface area contributed by atoms with Crippen LogP contribution in [-0.2, 0) is 6.61 Å². The third kappa shape index (κ3) is 3.86. The van der Waals surface area contributed by atoms with E-state index in [0.29, 0.717) is 11.3 Å². The van der Waals surface area contributed by atoms with Gasteiger partial charge in [-0.3, -0.25) is 4.79 Å². The minimum Gasteiger partial charge on any atom is -0.488 e. The van der Waals surface area contributed by atoms with Crippen molar-refractivity contribution < 1.29 is 19.6 Å². The highest BCUT2D eigenvalue weighted by molar-refractivity contribution is 9.10. The molecule has 0 aromatic heterocycles. The topological polar surface area (TPSA) is 66.8 Å². The van der Waals surface area contributed by atoms with Gasteiger partial charge < -0.3 is 14.8 Å². The number of hydrogen-bond donors (Lipinski definition) is 2. The van der Waals surface area contributed by atoms with E-state index in [1.165, 1.54) is 6.07 Å². The quantitative estimate of drug-likeness (QED) is 0.626. The molecular weight excluding hydrogens is 358 g/mol. The summed E-state index contributed by atoms with van der Waals surface area (Å²) in [7, 11) is -1.73. The van der Waals surface area contributed by atoms with Gasteiger partial charge >= 0.3 is 7.12 Å². The zero-order chi connectivity index (χ0) is 15.4. The first-order valence-electron chi connectivity index (χ1n) is 6.04. The highest BCUT2D eigenvalue weighted by Crippen LogP contribution is 2.24. The van der Waals surface area contributed by atoms with E-state index in [1.54, 1.807) is 24.3 Å². The van der Waals surface area contributed by atoms with E-state index >= 15 is 0 Å². The number of rotatable bonds is 5. The van der Waals surface area contributed by atoms with Gasteiger partial charge in [0.05, 0.1) is 10.6 Å². The van der Waals surface area contributed by atoms with Crippen molar-refractivity contribution >= 4 is 46.4 Å². The Hall–Kier alpha value is -1.34. The highest BCUT2D eigenvalue weighted by atomic mass is 79.9. The number of aldehydes is 1. The molecule has 108 valence electrons. The summed E-state index contributed by atoms with van der Waals surface area (Å²) in [5.74, 6) is 0.287. The fraction of sp³-hybridized carbons (Fsp3) is 0.0714. The molecule has 0 atom stereocenters. The lowest BCUT2D eigenvalue weighted by molar-refractivity contribution is 0.111. The predicted octanol–water partition coefficient (Wildman–Crippen LogP) is 2.17. The third-order valence-electron chi connectivity index (χ3n) is 2.87. The van der Waals surface area contributed by atoms with Crippen LogP contribution in [0.3, 0.4) is 0 Å². The molecule has 0 aliphatic rings. The largest absolute Gasteiger partial charge is 0.489 e. The summed E-state index contributed by atoms with van der Waals surface area (Å²) < 4.78 is 6.36. The normalized spacial score (nSPS) is 10.3. The molecule has 0 aliphatic heterocycles. The van der Waals surface area contributed by atoms with Crippen molar-refractivity contribution in [3.05, 3.63) is 57.0 Å². The number of ether oxygens (including phenoxy) is 1. The summed E-state index contributed by atoms with van der Waals surface area (Å²) in [4.78, 5) is 11.1. The number of carbonyl (C=O) groups excluding carboxylic acids is 1. The molecule has 4 nitrogen and oxygen atoms in total. The minimum atomic E-state index is -1.73. The van der Waals surface area contributed by atoms with E-state index in [-0.39, 0.29) is 23.4 Å². The Morgan fingerprint density at radius 1 is 1.29 bits per heavy atom. The lowest BCUT2D eigenvalue weighted by Gasteiger charge is -2.12. The molecule has 0 saturated heterocycles. The number of halogens is 2. The van der Waals surface area contributed by atoms with Gasteiger partial charge in [0.15, 0.2) is 6.29 Å². The zero-order valence-electron chi connectivity index (χ0n) is 10.8. The van der Waals surface area contributed by atoms with E-state index < -0.39 is 7.12 Å². The van der Waals surface area contributed by atoms with Crippen molar-refractivity contribution in [1.82, 2.24) is 0 Å². The summed E-state index contributed by atoms with van der Waals surface area (Å²) in [6.45, 7) is 0.207. The van der Waals surface area contributed by atoms with Gasteiger partial charge in [-0.05, 0) is 45.2 Å². The van der Waals surface area contributed by atoms with Crippen LogP contribution in [0.15, 0.2) is 40.9 Å². The molecule has 2 aromatic carbocycles. The fourth-order valence-electron chi connectivity index (χ4n) is 1.83. The molecule has 0 heterocycles. The highest BCUT2D eigenvalue weighted by Gasteiger charge is 2.18. The first-order chi connectivity index (χ1) is 10.0. The maximum Gasteiger partial charge on any atom is 0.489 e. The molecule has 2 aromatic rings. The molecule has 21 heavy (non-hydrogen) atoms. The smallest absolute Gasteiger partial charge is 0.488 e. The summed E-state index contributed by atoms with van der Waals surface area (Å²) >= 11 is 9.30. The van der Waals surface area contributed by atoms with Gasteiger partial charge in [0.25, 0.3) is 0 Å². The Labute approximate surface area is 135 Å². The number of hydrogen-bond acceptors (Lipinski definition) is 4. The predicted molar refractivity (Wildman–Crippen MR) is 85.1 cm³/mol. The van der Waals surface area contributed by atoms with Gasteiger partial charge in [0.2, 0.25) is 0 Å². The van der Waals surface area contributed by atoms with E-state index in [0.717, 1.165) is 10.0 Å². The van der Waals surface area contributed by atoms with Crippen LogP contribution in [0, 0.1) is 0 Å². The second-order valence-corrected chi connectivity index (χ2v) is 5.55. The van der Waals surface area contributed by atoms with E-state index in [9.17, 15) is 14.8 Å². The van der Waals surface area contributed by atoms with Crippen molar-refractivity contribution in [2.75, 3.05) is 0 Å². The molecule has 0 fully saturated rings. The maximum absolute atomic E-state index is 11.1. The van der Waals surface area contributed by atoms with E-state index in [4.69, 9.17) is 16.3 Å². The van der Waals surface area contributed by atoms with Gasteiger partial charge in [-0.15, -0.1) is 0 Å². The van der Waals surface area contributed by atoms with E-state index in [1.807, 2.05) is 6.07 Å². The van der Waals surface area contributed by atoms with Crippen molar-refractivity contribution in [2.24, 2.45) is 0 Å². The second-order valence-electron chi connectivity index (χ2n) is 4.29. The van der Waals surface area contributed by atoms with Crippen LogP contribution in [0.1, 0.15) is 15.9 Å². The Morgan fingerprint density at radius 2 is 2.05 bits per heavy atom. The van der Waals surface area contributed by atoms with Crippen molar-refractivity contribution in [1.29, 1.82) is 0 Å². The van der Waals surface area contributed by atoms with Gasteiger partial charge in [0, 0.05) is 4.47 Å². The minimum absolute atomic E-state index is 0.108. The fourth-order valence-corrected chi connectivity index (χ4v) is 2.28. The van der Waals surface area contributed by atoms with Gasteiger partial charge in [-0.2, -0.15) is 0 Å². The molecule has 0 unspecified atom stereocenters. The van der Waals surface area contributed by atoms with Crippen LogP contribution in [0.25, 0.3) is 0 Å². The van der Waals surface area contributed by atoms with Crippen molar-refractivity contribution in [2.45, 2.75) is 6.61 Å². The Kier molecular flexibility index (Phi) is 5.42. The molecule has 7 heteroatoms. The van der Waals surface area contributed by atoms with Gasteiger partial charge in [-0.1, -0.05) is 29.8 Å². The van der Waals surface area contributed by atoms with Crippen LogP contribution in [0.4, 0.5) is 0 Å². The lowest BCUT2D eigenvalue weighted by Crippen LogP contribution is -2.33. The standard InChI is InChI=1S/C14H11BBrClO4/c16-12-5-4-9(6-13(12)17)8-21-14-3-1-2-11(15(19)20)10(14)7-18/h1-7,19-20H,8H2. The molecule has 2 rings (SSSR count). The van der Waals surface area contributed by atoms with Crippen LogP contribution in [0.5, 0.6) is 5.75 Å². The van der Waals surface area contributed by atoms with Crippen molar-refractivity contribution in [3.63, 3.8) is 0 Å². The summed E-state index contributed by atoms with van der Waals surface area (Å²) in [6.07, 6.45) is 0.540. The summed E-state index contributed by atoms with van der Waals surface area (Å²) in [5, 5.41) is 19.0. The number of benzene rings is 2. The lowest BCUT2D eigenvalue weighted by atomic mass is 9.77. The molecule has 0 bridgehead atoms. The van der Waals surface area contributed by atoms with E-state index in [2.05, 4.69) is 15.9 Å². The summed E-state index contributed by atoms with van der Waals surface area (Å²) in [6, 6.07) is 10.0.